The number of thiophene rings is 1. The van der Waals surface area contributed by atoms with Gasteiger partial charge in [-0.05, 0) is 29.1 Å². The molecule has 6 heteroatoms. The van der Waals surface area contributed by atoms with Gasteiger partial charge in [0.05, 0.1) is 6.54 Å². The van der Waals surface area contributed by atoms with Gasteiger partial charge < -0.3 is 14.5 Å². The molecule has 0 radical (unpaired) electrons. The van der Waals surface area contributed by atoms with Gasteiger partial charge in [-0.25, -0.2) is 0 Å². The molecular weight excluding hydrogens is 408 g/mol. The minimum atomic E-state index is -0.257. The van der Waals surface area contributed by atoms with Gasteiger partial charge in [0.25, 0.3) is 5.91 Å². The zero-order chi connectivity index (χ0) is 21.9. The third-order valence-electron chi connectivity index (χ3n) is 4.63. The summed E-state index contributed by atoms with van der Waals surface area (Å²) in [5, 5.41) is 2.00. The van der Waals surface area contributed by atoms with Gasteiger partial charge in [0.1, 0.15) is 12.3 Å². The van der Waals surface area contributed by atoms with Crippen LogP contribution in [-0.2, 0) is 22.7 Å². The Balaban J connectivity index is 1.67. The molecule has 0 aliphatic rings. The predicted octanol–water partition coefficient (Wildman–Crippen LogP) is 4.37. The van der Waals surface area contributed by atoms with E-state index in [1.54, 1.807) is 34.4 Å². The van der Waals surface area contributed by atoms with Gasteiger partial charge in [0.15, 0.2) is 6.61 Å². The molecule has 0 unspecified atom stereocenters. The van der Waals surface area contributed by atoms with Crippen molar-refractivity contribution in [2.75, 3.05) is 19.7 Å². The second kappa shape index (κ2) is 11.7. The predicted molar refractivity (Wildman–Crippen MR) is 124 cm³/mol. The fourth-order valence-corrected chi connectivity index (χ4v) is 3.77. The van der Waals surface area contributed by atoms with Gasteiger partial charge in [0, 0.05) is 18.0 Å². The van der Waals surface area contributed by atoms with Gasteiger partial charge in [-0.3, -0.25) is 9.59 Å². The highest BCUT2D eigenvalue weighted by Crippen LogP contribution is 2.15. The molecule has 5 nitrogen and oxygen atoms in total. The second-order valence-corrected chi connectivity index (χ2v) is 8.01. The first-order valence-corrected chi connectivity index (χ1v) is 10.9. The van der Waals surface area contributed by atoms with E-state index in [9.17, 15) is 9.59 Å². The van der Waals surface area contributed by atoms with Crippen LogP contribution in [-0.4, -0.2) is 41.3 Å². The van der Waals surface area contributed by atoms with Crippen LogP contribution in [0.1, 0.15) is 10.4 Å². The SMILES string of the molecule is C=CCN(CC(=O)N(Cc1ccccc1)Cc1cccs1)C(=O)COc1ccccc1. The van der Waals surface area contributed by atoms with Gasteiger partial charge in [0.2, 0.25) is 5.91 Å². The van der Waals surface area contributed by atoms with Crippen LogP contribution in [0.5, 0.6) is 5.75 Å². The first-order valence-electron chi connectivity index (χ1n) is 10.1. The van der Waals surface area contributed by atoms with Crippen molar-refractivity contribution >= 4 is 23.2 Å². The van der Waals surface area contributed by atoms with E-state index in [1.165, 1.54) is 4.90 Å². The van der Waals surface area contributed by atoms with Crippen LogP contribution in [0.15, 0.2) is 90.8 Å². The maximum absolute atomic E-state index is 13.2. The Morgan fingerprint density at radius 1 is 0.871 bits per heavy atom. The molecule has 31 heavy (non-hydrogen) atoms. The highest BCUT2D eigenvalue weighted by molar-refractivity contribution is 7.09. The number of ether oxygens (including phenoxy) is 1. The van der Waals surface area contributed by atoms with Crippen molar-refractivity contribution in [3.63, 3.8) is 0 Å². The quantitative estimate of drug-likeness (QED) is 0.421. The fourth-order valence-electron chi connectivity index (χ4n) is 3.05. The summed E-state index contributed by atoms with van der Waals surface area (Å²) in [4.78, 5) is 30.3. The molecule has 0 bridgehead atoms. The average Bonchev–Trinajstić information content (AvgIpc) is 3.31. The lowest BCUT2D eigenvalue weighted by atomic mass is 10.2. The molecule has 2 aromatic carbocycles. The molecule has 0 saturated carbocycles. The van der Waals surface area contributed by atoms with E-state index in [0.717, 1.165) is 10.4 Å². The molecule has 0 N–H and O–H groups in total. The van der Waals surface area contributed by atoms with E-state index in [-0.39, 0.29) is 31.5 Å². The Hall–Kier alpha value is -3.38. The zero-order valence-electron chi connectivity index (χ0n) is 17.4. The van der Waals surface area contributed by atoms with E-state index in [1.807, 2.05) is 66.0 Å². The summed E-state index contributed by atoms with van der Waals surface area (Å²) in [7, 11) is 0. The second-order valence-electron chi connectivity index (χ2n) is 6.98. The summed E-state index contributed by atoms with van der Waals surface area (Å²) >= 11 is 1.61. The normalized spacial score (nSPS) is 10.3. The number of nitrogens with zero attached hydrogens (tertiary/aromatic N) is 2. The van der Waals surface area contributed by atoms with Gasteiger partial charge in [-0.15, -0.1) is 17.9 Å². The van der Waals surface area contributed by atoms with E-state index in [2.05, 4.69) is 6.58 Å². The number of carbonyl (C=O) groups is 2. The topological polar surface area (TPSA) is 49.9 Å². The number of hydrogen-bond acceptors (Lipinski definition) is 4. The third-order valence-corrected chi connectivity index (χ3v) is 5.49. The maximum atomic E-state index is 13.2. The molecule has 0 aliphatic carbocycles. The minimum absolute atomic E-state index is 0.0266. The minimum Gasteiger partial charge on any atom is -0.484 e. The van der Waals surface area contributed by atoms with Crippen molar-refractivity contribution in [1.29, 1.82) is 0 Å². The first-order chi connectivity index (χ1) is 15.2. The zero-order valence-corrected chi connectivity index (χ0v) is 18.2. The molecule has 3 aromatic rings. The maximum Gasteiger partial charge on any atom is 0.261 e. The Bertz CT molecular complexity index is 959. The molecular formula is C25H26N2O3S. The number of carbonyl (C=O) groups excluding carboxylic acids is 2. The Morgan fingerprint density at radius 2 is 1.58 bits per heavy atom. The smallest absolute Gasteiger partial charge is 0.261 e. The van der Waals surface area contributed by atoms with Crippen LogP contribution in [0.2, 0.25) is 0 Å². The molecule has 0 saturated heterocycles. The lowest BCUT2D eigenvalue weighted by molar-refractivity contribution is -0.141. The monoisotopic (exact) mass is 434 g/mol. The summed E-state index contributed by atoms with van der Waals surface area (Å²) < 4.78 is 5.57. The van der Waals surface area contributed by atoms with Crippen molar-refractivity contribution < 1.29 is 14.3 Å². The van der Waals surface area contributed by atoms with Crippen molar-refractivity contribution in [1.82, 2.24) is 9.80 Å². The Kier molecular flexibility index (Phi) is 8.43. The van der Waals surface area contributed by atoms with E-state index >= 15 is 0 Å². The Labute approximate surface area is 187 Å². The number of rotatable bonds is 11. The summed E-state index contributed by atoms with van der Waals surface area (Å²) in [5.41, 5.74) is 1.04. The van der Waals surface area contributed by atoms with Crippen LogP contribution in [0.4, 0.5) is 0 Å². The highest BCUT2D eigenvalue weighted by Gasteiger charge is 2.22. The van der Waals surface area contributed by atoms with Crippen LogP contribution in [0, 0.1) is 0 Å². The fraction of sp³-hybridized carbons (Fsp3) is 0.200. The van der Waals surface area contributed by atoms with Crippen LogP contribution >= 0.6 is 11.3 Å². The van der Waals surface area contributed by atoms with Gasteiger partial charge >= 0.3 is 0 Å². The lowest BCUT2D eigenvalue weighted by Crippen LogP contribution is -2.44. The van der Waals surface area contributed by atoms with Gasteiger partial charge in [-0.1, -0.05) is 60.7 Å². The van der Waals surface area contributed by atoms with Gasteiger partial charge in [-0.2, -0.15) is 0 Å². The molecule has 0 atom stereocenters. The highest BCUT2D eigenvalue weighted by atomic mass is 32.1. The largest absolute Gasteiger partial charge is 0.484 e. The summed E-state index contributed by atoms with van der Waals surface area (Å²) in [6.07, 6.45) is 1.62. The van der Waals surface area contributed by atoms with E-state index in [4.69, 9.17) is 4.74 Å². The third kappa shape index (κ3) is 7.12. The Morgan fingerprint density at radius 3 is 2.23 bits per heavy atom. The molecule has 1 aromatic heterocycles. The van der Waals surface area contributed by atoms with Crippen LogP contribution < -0.4 is 4.74 Å². The van der Waals surface area contributed by atoms with E-state index < -0.39 is 0 Å². The number of amides is 2. The standard InChI is InChI=1S/C25H26N2O3S/c1-2-15-26(25(29)20-30-22-12-7-4-8-13-22)19-24(28)27(18-23-14-9-16-31-23)17-21-10-5-3-6-11-21/h2-14,16H,1,15,17-20H2. The number of hydrogen-bond donors (Lipinski definition) is 0. The number of para-hydroxylation sites is 1. The molecule has 1 heterocycles. The van der Waals surface area contributed by atoms with Crippen molar-refractivity contribution in [3.8, 4) is 5.75 Å². The lowest BCUT2D eigenvalue weighted by Gasteiger charge is -2.27. The summed E-state index contributed by atoms with van der Waals surface area (Å²) in [6, 6.07) is 23.0. The molecule has 0 spiro atoms. The molecule has 2 amide bonds. The summed E-state index contributed by atoms with van der Waals surface area (Å²) in [5.74, 6) is 0.240. The van der Waals surface area contributed by atoms with E-state index in [0.29, 0.717) is 18.8 Å². The first kappa shape index (κ1) is 22.3. The average molecular weight is 435 g/mol. The molecule has 3 rings (SSSR count). The van der Waals surface area contributed by atoms with Crippen molar-refractivity contribution in [2.45, 2.75) is 13.1 Å². The molecule has 0 aliphatic heterocycles. The number of benzene rings is 2. The van der Waals surface area contributed by atoms with Crippen molar-refractivity contribution in [2.24, 2.45) is 0 Å². The van der Waals surface area contributed by atoms with Crippen LogP contribution in [0.3, 0.4) is 0 Å². The van der Waals surface area contributed by atoms with Crippen molar-refractivity contribution in [3.05, 3.63) is 101 Å². The molecule has 0 fully saturated rings. The van der Waals surface area contributed by atoms with Crippen LogP contribution in [0.25, 0.3) is 0 Å². The molecule has 160 valence electrons. The summed E-state index contributed by atoms with van der Waals surface area (Å²) in [6.45, 7) is 4.83.